The first kappa shape index (κ1) is 15.6. The predicted molar refractivity (Wildman–Crippen MR) is 91.5 cm³/mol. The number of thiophene rings is 1. The Hall–Kier alpha value is -0.910. The lowest BCUT2D eigenvalue weighted by atomic mass is 10.1. The van der Waals surface area contributed by atoms with Gasteiger partial charge in [-0.05, 0) is 37.8 Å². The van der Waals surface area contributed by atoms with E-state index >= 15 is 0 Å². The zero-order valence-electron chi connectivity index (χ0n) is 13.7. The molecule has 1 aliphatic carbocycles. The third-order valence-electron chi connectivity index (χ3n) is 5.41. The topological polar surface area (TPSA) is 32.8 Å². The predicted octanol–water partition coefficient (Wildman–Crippen LogP) is 3.19. The minimum atomic E-state index is 0.314. The molecular weight excluding hydrogens is 308 g/mol. The van der Waals surface area contributed by atoms with Gasteiger partial charge in [-0.3, -0.25) is 9.69 Å². The quantitative estimate of drug-likeness (QED) is 0.848. The Morgan fingerprint density at radius 1 is 1.13 bits per heavy atom. The Morgan fingerprint density at radius 3 is 2.74 bits per heavy atom. The fourth-order valence-corrected chi connectivity index (χ4v) is 5.29. The van der Waals surface area contributed by atoms with E-state index < -0.39 is 0 Å². The molecule has 0 bridgehead atoms. The van der Waals surface area contributed by atoms with Crippen LogP contribution < -0.4 is 0 Å². The molecule has 126 valence electrons. The molecular formula is C18H26N2O2S. The molecule has 1 amide bonds. The van der Waals surface area contributed by atoms with Crippen molar-refractivity contribution in [3.63, 3.8) is 0 Å². The molecule has 2 aliphatic heterocycles. The van der Waals surface area contributed by atoms with Gasteiger partial charge in [-0.25, -0.2) is 0 Å². The zero-order chi connectivity index (χ0) is 15.6. The molecule has 1 aromatic rings. The van der Waals surface area contributed by atoms with Gasteiger partial charge < -0.3 is 9.64 Å². The molecule has 5 heteroatoms. The van der Waals surface area contributed by atoms with E-state index in [9.17, 15) is 4.79 Å². The molecule has 0 aromatic carbocycles. The molecule has 1 saturated carbocycles. The average Bonchev–Trinajstić information content (AvgIpc) is 3.30. The summed E-state index contributed by atoms with van der Waals surface area (Å²) in [5, 5.41) is 0. The van der Waals surface area contributed by atoms with Gasteiger partial charge in [0.2, 0.25) is 5.91 Å². The maximum Gasteiger partial charge on any atom is 0.237 e. The minimum Gasteiger partial charge on any atom is -0.373 e. The smallest absolute Gasteiger partial charge is 0.237 e. The second-order valence-electron chi connectivity index (χ2n) is 7.04. The third kappa shape index (κ3) is 3.47. The van der Waals surface area contributed by atoms with Gasteiger partial charge in [0.15, 0.2) is 0 Å². The molecule has 1 aromatic heterocycles. The van der Waals surface area contributed by atoms with Crippen LogP contribution in [-0.4, -0.2) is 48.0 Å². The summed E-state index contributed by atoms with van der Waals surface area (Å²) in [5.41, 5.74) is 0. The number of carbonyl (C=O) groups excluding carboxylic acids is 1. The van der Waals surface area contributed by atoms with Crippen LogP contribution in [0.15, 0.2) is 12.1 Å². The number of amides is 1. The highest BCUT2D eigenvalue weighted by molar-refractivity contribution is 7.12. The Kier molecular flexibility index (Phi) is 4.69. The normalized spacial score (nSPS) is 27.2. The number of ether oxygens (including phenoxy) is 1. The van der Waals surface area contributed by atoms with E-state index in [1.165, 1.54) is 41.9 Å². The van der Waals surface area contributed by atoms with Crippen molar-refractivity contribution in [2.45, 2.75) is 57.2 Å². The molecule has 0 radical (unpaired) electrons. The van der Waals surface area contributed by atoms with E-state index in [-0.39, 0.29) is 0 Å². The van der Waals surface area contributed by atoms with E-state index in [0.717, 1.165) is 32.7 Å². The van der Waals surface area contributed by atoms with Crippen molar-refractivity contribution in [1.29, 1.82) is 0 Å². The SMILES string of the molecule is O=C1CN(Cc2ccc([C@H]3CCCO3)s2)CCN1C1CCCC1. The maximum absolute atomic E-state index is 12.5. The summed E-state index contributed by atoms with van der Waals surface area (Å²) in [6, 6.07) is 4.96. The first-order valence-electron chi connectivity index (χ1n) is 9.01. The van der Waals surface area contributed by atoms with Gasteiger partial charge >= 0.3 is 0 Å². The van der Waals surface area contributed by atoms with Gasteiger partial charge in [-0.2, -0.15) is 0 Å². The third-order valence-corrected chi connectivity index (χ3v) is 6.57. The highest BCUT2D eigenvalue weighted by Gasteiger charge is 2.31. The van der Waals surface area contributed by atoms with E-state index in [2.05, 4.69) is 21.9 Å². The summed E-state index contributed by atoms with van der Waals surface area (Å²) in [5.74, 6) is 0.332. The van der Waals surface area contributed by atoms with E-state index in [1.807, 2.05) is 11.3 Å². The Labute approximate surface area is 142 Å². The van der Waals surface area contributed by atoms with Crippen LogP contribution in [-0.2, 0) is 16.1 Å². The highest BCUT2D eigenvalue weighted by Crippen LogP contribution is 2.34. The van der Waals surface area contributed by atoms with Crippen molar-refractivity contribution in [2.75, 3.05) is 26.2 Å². The first-order chi connectivity index (χ1) is 11.3. The largest absolute Gasteiger partial charge is 0.373 e. The van der Waals surface area contributed by atoms with Gasteiger partial charge in [-0.15, -0.1) is 11.3 Å². The second-order valence-corrected chi connectivity index (χ2v) is 8.24. The zero-order valence-corrected chi connectivity index (χ0v) is 14.5. The van der Waals surface area contributed by atoms with E-state index in [1.54, 1.807) is 0 Å². The van der Waals surface area contributed by atoms with Crippen LogP contribution >= 0.6 is 11.3 Å². The highest BCUT2D eigenvalue weighted by atomic mass is 32.1. The van der Waals surface area contributed by atoms with Crippen molar-refractivity contribution in [3.8, 4) is 0 Å². The molecule has 0 N–H and O–H groups in total. The number of piperazine rings is 1. The molecule has 4 rings (SSSR count). The summed E-state index contributed by atoms with van der Waals surface area (Å²) in [6.07, 6.45) is 7.64. The van der Waals surface area contributed by atoms with Crippen LogP contribution in [0.2, 0.25) is 0 Å². The van der Waals surface area contributed by atoms with Gasteiger partial charge in [0.1, 0.15) is 0 Å². The molecule has 23 heavy (non-hydrogen) atoms. The summed E-state index contributed by atoms with van der Waals surface area (Å²) in [7, 11) is 0. The summed E-state index contributed by atoms with van der Waals surface area (Å²) < 4.78 is 5.77. The summed E-state index contributed by atoms with van der Waals surface area (Å²) in [4.78, 5) is 19.6. The second kappa shape index (κ2) is 6.91. The lowest BCUT2D eigenvalue weighted by Gasteiger charge is -2.37. The molecule has 1 atom stereocenters. The molecule has 0 unspecified atom stereocenters. The Morgan fingerprint density at radius 2 is 2.00 bits per heavy atom. The standard InChI is InChI=1S/C18H26N2O2S/c21-18-13-19(9-10-20(18)14-4-1-2-5-14)12-15-7-8-17(23-15)16-6-3-11-22-16/h7-8,14,16H,1-6,9-13H2/t16-/m1/s1. The molecule has 2 saturated heterocycles. The van der Waals surface area contributed by atoms with Crippen molar-refractivity contribution in [2.24, 2.45) is 0 Å². The first-order valence-corrected chi connectivity index (χ1v) is 9.83. The van der Waals surface area contributed by atoms with Crippen molar-refractivity contribution < 1.29 is 9.53 Å². The van der Waals surface area contributed by atoms with Crippen LogP contribution in [0.25, 0.3) is 0 Å². The number of rotatable bonds is 4. The number of hydrogen-bond acceptors (Lipinski definition) is 4. The Bertz CT molecular complexity index is 547. The summed E-state index contributed by atoms with van der Waals surface area (Å²) in [6.45, 7) is 4.31. The van der Waals surface area contributed by atoms with Crippen LogP contribution in [0.1, 0.15) is 54.4 Å². The van der Waals surface area contributed by atoms with E-state index in [0.29, 0.717) is 24.6 Å². The minimum absolute atomic E-state index is 0.314. The van der Waals surface area contributed by atoms with E-state index in [4.69, 9.17) is 4.74 Å². The number of hydrogen-bond donors (Lipinski definition) is 0. The molecule has 4 nitrogen and oxygen atoms in total. The van der Waals surface area contributed by atoms with Gasteiger partial charge in [-0.1, -0.05) is 12.8 Å². The van der Waals surface area contributed by atoms with Crippen LogP contribution in [0.5, 0.6) is 0 Å². The summed E-state index contributed by atoms with van der Waals surface area (Å²) >= 11 is 1.86. The lowest BCUT2D eigenvalue weighted by molar-refractivity contribution is -0.138. The fourth-order valence-electron chi connectivity index (χ4n) is 4.15. The maximum atomic E-state index is 12.5. The van der Waals surface area contributed by atoms with Gasteiger partial charge in [0, 0.05) is 42.0 Å². The number of carbonyl (C=O) groups is 1. The molecule has 3 heterocycles. The van der Waals surface area contributed by atoms with Crippen LogP contribution in [0, 0.1) is 0 Å². The average molecular weight is 334 g/mol. The van der Waals surface area contributed by atoms with Crippen LogP contribution in [0.3, 0.4) is 0 Å². The lowest BCUT2D eigenvalue weighted by Crippen LogP contribution is -2.53. The van der Waals surface area contributed by atoms with Crippen molar-refractivity contribution in [1.82, 2.24) is 9.80 Å². The van der Waals surface area contributed by atoms with Crippen LogP contribution in [0.4, 0.5) is 0 Å². The van der Waals surface area contributed by atoms with Crippen molar-refractivity contribution >= 4 is 17.2 Å². The molecule has 0 spiro atoms. The molecule has 3 aliphatic rings. The van der Waals surface area contributed by atoms with Gasteiger partial charge in [0.05, 0.1) is 12.6 Å². The fraction of sp³-hybridized carbons (Fsp3) is 0.722. The molecule has 3 fully saturated rings. The van der Waals surface area contributed by atoms with Gasteiger partial charge in [0.25, 0.3) is 0 Å². The monoisotopic (exact) mass is 334 g/mol. The van der Waals surface area contributed by atoms with Crippen molar-refractivity contribution in [3.05, 3.63) is 21.9 Å². The Balaban J connectivity index is 1.32. The number of nitrogens with zero attached hydrogens (tertiary/aromatic N) is 2.